The topological polar surface area (TPSA) is 55.4 Å². The van der Waals surface area contributed by atoms with E-state index in [0.717, 1.165) is 28.1 Å². The summed E-state index contributed by atoms with van der Waals surface area (Å²) in [6.07, 6.45) is 1.40. The van der Waals surface area contributed by atoms with Gasteiger partial charge in [-0.25, -0.2) is 0 Å². The number of hydrogen-bond donors (Lipinski definition) is 1. The van der Waals surface area contributed by atoms with Crippen molar-refractivity contribution in [1.82, 2.24) is 5.32 Å². The smallest absolute Gasteiger partial charge is 0.225 e. The number of ether oxygens (including phenoxy) is 1. The van der Waals surface area contributed by atoms with Crippen molar-refractivity contribution < 1.29 is 14.3 Å². The first-order valence-electron chi connectivity index (χ1n) is 9.59. The Hall–Kier alpha value is -2.59. The minimum atomic E-state index is -0.199. The van der Waals surface area contributed by atoms with E-state index in [1.54, 1.807) is 12.1 Å². The molecule has 2 aromatic rings. The molecule has 0 spiro atoms. The molecule has 5 heteroatoms. The monoisotopic (exact) mass is 395 g/mol. The van der Waals surface area contributed by atoms with E-state index in [1.165, 1.54) is 0 Å². The third-order valence-electron chi connectivity index (χ3n) is 5.47. The average Bonchev–Trinajstić information content (AvgIpc) is 2.68. The number of hydrogen-bond acceptors (Lipinski definition) is 3. The van der Waals surface area contributed by atoms with Crippen LogP contribution in [-0.2, 0) is 9.59 Å². The van der Waals surface area contributed by atoms with Crippen molar-refractivity contribution >= 4 is 23.3 Å². The van der Waals surface area contributed by atoms with E-state index < -0.39 is 0 Å². The molecule has 2 aromatic carbocycles. The molecule has 2 atom stereocenters. The highest BCUT2D eigenvalue weighted by atomic mass is 35.5. The van der Waals surface area contributed by atoms with Gasteiger partial charge in [-0.2, -0.15) is 0 Å². The van der Waals surface area contributed by atoms with Gasteiger partial charge in [0.2, 0.25) is 5.91 Å². The van der Waals surface area contributed by atoms with E-state index in [9.17, 15) is 9.59 Å². The Bertz CT molecular complexity index is 931. The van der Waals surface area contributed by atoms with Crippen LogP contribution >= 0.6 is 11.6 Å². The Labute approximate surface area is 169 Å². The van der Waals surface area contributed by atoms with Gasteiger partial charge in [0.05, 0.1) is 6.61 Å². The van der Waals surface area contributed by atoms with Crippen molar-refractivity contribution in [2.45, 2.75) is 38.0 Å². The predicted molar refractivity (Wildman–Crippen MR) is 109 cm³/mol. The van der Waals surface area contributed by atoms with Crippen LogP contribution in [0, 0.1) is 0 Å². The van der Waals surface area contributed by atoms with Crippen molar-refractivity contribution in [1.29, 1.82) is 0 Å². The number of nitrogens with one attached hydrogen (secondary N) is 1. The third kappa shape index (κ3) is 3.69. The summed E-state index contributed by atoms with van der Waals surface area (Å²) in [6, 6.07) is 15.3. The lowest BCUT2D eigenvalue weighted by Crippen LogP contribution is -2.38. The summed E-state index contributed by atoms with van der Waals surface area (Å²) in [6.45, 7) is 2.57. The third-order valence-corrected chi connectivity index (χ3v) is 5.72. The van der Waals surface area contributed by atoms with Gasteiger partial charge in [0, 0.05) is 35.1 Å². The maximum atomic E-state index is 13.1. The molecule has 0 saturated carbocycles. The molecule has 1 aliphatic carbocycles. The minimum absolute atomic E-state index is 0.0427. The number of halogens is 1. The van der Waals surface area contributed by atoms with Gasteiger partial charge < -0.3 is 10.1 Å². The van der Waals surface area contributed by atoms with Crippen molar-refractivity contribution in [2.75, 3.05) is 6.61 Å². The van der Waals surface area contributed by atoms with Crippen LogP contribution in [0.25, 0.3) is 0 Å². The van der Waals surface area contributed by atoms with Crippen LogP contribution in [0.5, 0.6) is 5.75 Å². The highest BCUT2D eigenvalue weighted by Crippen LogP contribution is 2.42. The van der Waals surface area contributed by atoms with Crippen LogP contribution in [0.1, 0.15) is 49.1 Å². The van der Waals surface area contributed by atoms with Crippen LogP contribution in [0.15, 0.2) is 59.8 Å². The van der Waals surface area contributed by atoms with E-state index in [1.807, 2.05) is 43.3 Å². The first-order chi connectivity index (χ1) is 13.5. The summed E-state index contributed by atoms with van der Waals surface area (Å²) in [5.74, 6) is 0.752. The summed E-state index contributed by atoms with van der Waals surface area (Å²) >= 11 is 6.00. The van der Waals surface area contributed by atoms with Crippen LogP contribution < -0.4 is 10.1 Å². The second kappa shape index (κ2) is 7.80. The number of rotatable bonds is 4. The van der Waals surface area contributed by atoms with Crippen LogP contribution in [0.4, 0.5) is 0 Å². The number of amides is 1. The van der Waals surface area contributed by atoms with Crippen LogP contribution in [-0.4, -0.2) is 18.3 Å². The highest BCUT2D eigenvalue weighted by Gasteiger charge is 2.38. The van der Waals surface area contributed by atoms with E-state index >= 15 is 0 Å². The molecule has 2 aliphatic rings. The summed E-state index contributed by atoms with van der Waals surface area (Å²) < 4.78 is 5.50. The molecule has 1 N–H and O–H groups in total. The predicted octanol–water partition coefficient (Wildman–Crippen LogP) is 4.74. The Kier molecular flexibility index (Phi) is 5.23. The quantitative estimate of drug-likeness (QED) is 0.813. The standard InChI is InChI=1S/C23H22ClNO3/c1-2-28-18-9-5-14(6-10-18)16-11-20-23(21(26)12-16)19(13-22(27)25-20)15-3-7-17(24)8-4-15/h3-10,16,19H,2,11-13H2,1H3,(H,25,27). The maximum absolute atomic E-state index is 13.1. The lowest BCUT2D eigenvalue weighted by atomic mass is 9.73. The van der Waals surface area contributed by atoms with Crippen LogP contribution in [0.3, 0.4) is 0 Å². The van der Waals surface area contributed by atoms with Gasteiger partial charge in [0.25, 0.3) is 0 Å². The average molecular weight is 396 g/mol. The Morgan fingerprint density at radius 3 is 2.32 bits per heavy atom. The molecule has 0 fully saturated rings. The second-order valence-electron chi connectivity index (χ2n) is 7.28. The number of Topliss-reactive ketones (excluding diaryl/α,β-unsaturated/α-hetero) is 1. The molecule has 1 heterocycles. The van der Waals surface area contributed by atoms with Crippen molar-refractivity contribution in [2.24, 2.45) is 0 Å². The lowest BCUT2D eigenvalue weighted by Gasteiger charge is -2.34. The van der Waals surface area contributed by atoms with E-state index in [0.29, 0.717) is 30.9 Å². The van der Waals surface area contributed by atoms with Gasteiger partial charge >= 0.3 is 0 Å². The molecule has 1 amide bonds. The largest absolute Gasteiger partial charge is 0.494 e. The molecule has 0 saturated heterocycles. The normalized spacial score (nSPS) is 21.9. The number of allylic oxidation sites excluding steroid dienone is 2. The number of carbonyl (C=O) groups excluding carboxylic acids is 2. The Morgan fingerprint density at radius 1 is 0.964 bits per heavy atom. The van der Waals surface area contributed by atoms with Gasteiger partial charge in [0.1, 0.15) is 5.75 Å². The fraction of sp³-hybridized carbons (Fsp3) is 0.304. The highest BCUT2D eigenvalue weighted by molar-refractivity contribution is 6.30. The molecule has 2 unspecified atom stereocenters. The first kappa shape index (κ1) is 18.8. The summed E-state index contributed by atoms with van der Waals surface area (Å²) in [4.78, 5) is 25.4. The molecule has 4 nitrogen and oxygen atoms in total. The zero-order chi connectivity index (χ0) is 19.7. The van der Waals surface area contributed by atoms with E-state index in [-0.39, 0.29) is 23.5 Å². The first-order valence-corrected chi connectivity index (χ1v) is 9.97. The lowest BCUT2D eigenvalue weighted by molar-refractivity contribution is -0.122. The van der Waals surface area contributed by atoms with Gasteiger partial charge in [-0.15, -0.1) is 0 Å². The molecule has 1 aliphatic heterocycles. The van der Waals surface area contributed by atoms with Crippen molar-refractivity contribution in [3.63, 3.8) is 0 Å². The molecular weight excluding hydrogens is 374 g/mol. The number of benzene rings is 2. The molecule has 4 rings (SSSR count). The molecule has 0 radical (unpaired) electrons. The van der Waals surface area contributed by atoms with Crippen molar-refractivity contribution in [3.05, 3.63) is 76.0 Å². The van der Waals surface area contributed by atoms with Gasteiger partial charge in [-0.1, -0.05) is 35.9 Å². The zero-order valence-electron chi connectivity index (χ0n) is 15.7. The summed E-state index contributed by atoms with van der Waals surface area (Å²) in [5.41, 5.74) is 3.57. The van der Waals surface area contributed by atoms with E-state index in [2.05, 4.69) is 5.32 Å². The van der Waals surface area contributed by atoms with E-state index in [4.69, 9.17) is 16.3 Å². The van der Waals surface area contributed by atoms with Crippen LogP contribution in [0.2, 0.25) is 5.02 Å². The van der Waals surface area contributed by atoms with Gasteiger partial charge in [0.15, 0.2) is 5.78 Å². The molecule has 0 aromatic heterocycles. The molecule has 144 valence electrons. The second-order valence-corrected chi connectivity index (χ2v) is 7.72. The fourth-order valence-electron chi connectivity index (χ4n) is 4.18. The van der Waals surface area contributed by atoms with Gasteiger partial charge in [-0.3, -0.25) is 9.59 Å². The summed E-state index contributed by atoms with van der Waals surface area (Å²) in [7, 11) is 0. The fourth-order valence-corrected chi connectivity index (χ4v) is 4.30. The zero-order valence-corrected chi connectivity index (χ0v) is 16.5. The van der Waals surface area contributed by atoms with Crippen molar-refractivity contribution in [3.8, 4) is 5.75 Å². The van der Waals surface area contributed by atoms with Gasteiger partial charge in [-0.05, 0) is 54.7 Å². The minimum Gasteiger partial charge on any atom is -0.494 e. The molecule has 0 bridgehead atoms. The number of carbonyl (C=O) groups is 2. The summed E-state index contributed by atoms with van der Waals surface area (Å²) in [5, 5.41) is 3.60. The Balaban J connectivity index is 1.63. The number of ketones is 1. The Morgan fingerprint density at radius 2 is 1.64 bits per heavy atom. The SMILES string of the molecule is CCOc1ccc(C2CC(=O)C3=C(C2)NC(=O)CC3c2ccc(Cl)cc2)cc1. The maximum Gasteiger partial charge on any atom is 0.225 e. The molecular formula is C23H22ClNO3. The molecule has 28 heavy (non-hydrogen) atoms.